The second-order valence-corrected chi connectivity index (χ2v) is 5.21. The van der Waals surface area contributed by atoms with Crippen molar-refractivity contribution in [2.24, 2.45) is 0 Å². The second-order valence-electron chi connectivity index (χ2n) is 5.21. The summed E-state index contributed by atoms with van der Waals surface area (Å²) in [5.41, 5.74) is 1.000. The van der Waals surface area contributed by atoms with Gasteiger partial charge in [0.25, 0.3) is 0 Å². The first-order chi connectivity index (χ1) is 11.1. The molecule has 120 valence electrons. The highest BCUT2D eigenvalue weighted by atomic mass is 16.6. The van der Waals surface area contributed by atoms with Gasteiger partial charge in [-0.15, -0.1) is 0 Å². The Morgan fingerprint density at radius 3 is 2.04 bits per heavy atom. The van der Waals surface area contributed by atoms with E-state index in [-0.39, 0.29) is 11.9 Å². The minimum Gasteiger partial charge on any atom is -0.410 e. The van der Waals surface area contributed by atoms with Gasteiger partial charge in [0.15, 0.2) is 0 Å². The molecule has 0 saturated carbocycles. The van der Waals surface area contributed by atoms with E-state index in [0.29, 0.717) is 5.75 Å². The van der Waals surface area contributed by atoms with Crippen molar-refractivity contribution in [2.45, 2.75) is 25.9 Å². The molecule has 2 atom stereocenters. The van der Waals surface area contributed by atoms with Gasteiger partial charge in [0, 0.05) is 0 Å². The highest BCUT2D eigenvalue weighted by Crippen LogP contribution is 2.11. The van der Waals surface area contributed by atoms with Crippen molar-refractivity contribution < 1.29 is 14.3 Å². The summed E-state index contributed by atoms with van der Waals surface area (Å²) in [6, 6.07) is 17.5. The second kappa shape index (κ2) is 7.98. The van der Waals surface area contributed by atoms with Gasteiger partial charge in [-0.05, 0) is 31.5 Å². The SMILES string of the molecule is C[C@H](NC(=O)Oc1ccccc1)C(=O)N[C@@H](C)c1ccccc1. The Morgan fingerprint density at radius 1 is 0.870 bits per heavy atom. The largest absolute Gasteiger partial charge is 0.413 e. The van der Waals surface area contributed by atoms with Crippen molar-refractivity contribution in [2.75, 3.05) is 0 Å². The fraction of sp³-hybridized carbons (Fsp3) is 0.222. The van der Waals surface area contributed by atoms with Crippen LogP contribution in [0.2, 0.25) is 0 Å². The van der Waals surface area contributed by atoms with Crippen molar-refractivity contribution in [3.05, 3.63) is 66.2 Å². The van der Waals surface area contributed by atoms with Crippen molar-refractivity contribution in [1.82, 2.24) is 10.6 Å². The maximum Gasteiger partial charge on any atom is 0.413 e. The Balaban J connectivity index is 1.84. The Labute approximate surface area is 135 Å². The Kier molecular flexibility index (Phi) is 5.74. The first kappa shape index (κ1) is 16.5. The average molecular weight is 312 g/mol. The normalized spacial score (nSPS) is 12.8. The first-order valence-corrected chi connectivity index (χ1v) is 7.45. The van der Waals surface area contributed by atoms with Crippen LogP contribution < -0.4 is 15.4 Å². The van der Waals surface area contributed by atoms with Crippen LogP contribution in [0.25, 0.3) is 0 Å². The third-order valence-corrected chi connectivity index (χ3v) is 3.34. The predicted octanol–water partition coefficient (Wildman–Crippen LogP) is 3.04. The first-order valence-electron chi connectivity index (χ1n) is 7.45. The number of hydrogen-bond donors (Lipinski definition) is 2. The van der Waals surface area contributed by atoms with Crippen LogP contribution in [-0.4, -0.2) is 18.0 Å². The Morgan fingerprint density at radius 2 is 1.43 bits per heavy atom. The molecule has 0 unspecified atom stereocenters. The number of carbonyl (C=O) groups excluding carboxylic acids is 2. The number of benzene rings is 2. The zero-order valence-electron chi connectivity index (χ0n) is 13.2. The summed E-state index contributed by atoms with van der Waals surface area (Å²) >= 11 is 0. The molecule has 2 N–H and O–H groups in total. The molecule has 0 bridgehead atoms. The summed E-state index contributed by atoms with van der Waals surface area (Å²) in [4.78, 5) is 23.9. The lowest BCUT2D eigenvalue weighted by atomic mass is 10.1. The van der Waals surface area contributed by atoms with Crippen LogP contribution in [0.4, 0.5) is 4.79 Å². The zero-order chi connectivity index (χ0) is 16.7. The fourth-order valence-corrected chi connectivity index (χ4v) is 2.03. The molecule has 0 aromatic heterocycles. The summed E-state index contributed by atoms with van der Waals surface area (Å²) in [5, 5.41) is 5.37. The number of para-hydroxylation sites is 1. The molecule has 0 aliphatic carbocycles. The van der Waals surface area contributed by atoms with Gasteiger partial charge in [-0.25, -0.2) is 4.79 Å². The van der Waals surface area contributed by atoms with Crippen LogP contribution in [0.3, 0.4) is 0 Å². The van der Waals surface area contributed by atoms with E-state index >= 15 is 0 Å². The maximum absolute atomic E-state index is 12.1. The lowest BCUT2D eigenvalue weighted by molar-refractivity contribution is -0.123. The predicted molar refractivity (Wildman–Crippen MR) is 88.1 cm³/mol. The van der Waals surface area contributed by atoms with E-state index in [9.17, 15) is 9.59 Å². The van der Waals surface area contributed by atoms with Gasteiger partial charge >= 0.3 is 6.09 Å². The maximum atomic E-state index is 12.1. The summed E-state index contributed by atoms with van der Waals surface area (Å²) in [7, 11) is 0. The van der Waals surface area contributed by atoms with Gasteiger partial charge in [0.05, 0.1) is 6.04 Å². The molecule has 0 fully saturated rings. The molecule has 0 spiro atoms. The third-order valence-electron chi connectivity index (χ3n) is 3.34. The van der Waals surface area contributed by atoms with Crippen molar-refractivity contribution >= 4 is 12.0 Å². The Bertz CT molecular complexity index is 644. The Hall–Kier alpha value is -2.82. The number of amides is 2. The summed E-state index contributed by atoms with van der Waals surface area (Å²) in [5.74, 6) is 0.154. The molecule has 0 heterocycles. The molecule has 2 aromatic rings. The van der Waals surface area contributed by atoms with Gasteiger partial charge in [0.2, 0.25) is 5.91 Å². The van der Waals surface area contributed by atoms with Gasteiger partial charge in [-0.2, -0.15) is 0 Å². The fourth-order valence-electron chi connectivity index (χ4n) is 2.03. The molecule has 0 aliphatic heterocycles. The lowest BCUT2D eigenvalue weighted by Crippen LogP contribution is -2.46. The number of carbonyl (C=O) groups is 2. The number of nitrogens with one attached hydrogen (secondary N) is 2. The van der Waals surface area contributed by atoms with E-state index in [1.165, 1.54) is 0 Å². The van der Waals surface area contributed by atoms with E-state index in [1.807, 2.05) is 43.3 Å². The molecule has 2 amide bonds. The van der Waals surface area contributed by atoms with Gasteiger partial charge < -0.3 is 15.4 Å². The molecule has 2 aromatic carbocycles. The van der Waals surface area contributed by atoms with Crippen molar-refractivity contribution in [3.63, 3.8) is 0 Å². The quantitative estimate of drug-likeness (QED) is 0.891. The van der Waals surface area contributed by atoms with Crippen molar-refractivity contribution in [3.8, 4) is 5.75 Å². The molecule has 23 heavy (non-hydrogen) atoms. The third kappa shape index (κ3) is 5.14. The average Bonchev–Trinajstić information content (AvgIpc) is 2.56. The molecule has 0 aliphatic rings. The van der Waals surface area contributed by atoms with Crippen LogP contribution >= 0.6 is 0 Å². The molecule has 0 saturated heterocycles. The smallest absolute Gasteiger partial charge is 0.410 e. The van der Waals surface area contributed by atoms with Crippen LogP contribution in [0.1, 0.15) is 25.5 Å². The van der Waals surface area contributed by atoms with E-state index in [4.69, 9.17) is 4.74 Å². The highest BCUT2D eigenvalue weighted by molar-refractivity contribution is 5.85. The minimum atomic E-state index is -0.697. The summed E-state index contributed by atoms with van der Waals surface area (Å²) < 4.78 is 5.09. The molecule has 5 nitrogen and oxygen atoms in total. The van der Waals surface area contributed by atoms with Crippen LogP contribution in [0, 0.1) is 0 Å². The van der Waals surface area contributed by atoms with Crippen LogP contribution in [-0.2, 0) is 4.79 Å². The highest BCUT2D eigenvalue weighted by Gasteiger charge is 2.18. The van der Waals surface area contributed by atoms with Crippen LogP contribution in [0.5, 0.6) is 5.75 Å². The van der Waals surface area contributed by atoms with Gasteiger partial charge in [-0.1, -0.05) is 48.5 Å². The van der Waals surface area contributed by atoms with E-state index in [1.54, 1.807) is 31.2 Å². The summed E-state index contributed by atoms with van der Waals surface area (Å²) in [6.45, 7) is 3.50. The minimum absolute atomic E-state index is 0.141. The lowest BCUT2D eigenvalue weighted by Gasteiger charge is -2.18. The molecule has 5 heteroatoms. The molecule has 2 rings (SSSR count). The van der Waals surface area contributed by atoms with Gasteiger partial charge in [-0.3, -0.25) is 4.79 Å². The molecule has 0 radical (unpaired) electrons. The van der Waals surface area contributed by atoms with E-state index in [0.717, 1.165) is 5.56 Å². The van der Waals surface area contributed by atoms with Crippen molar-refractivity contribution in [1.29, 1.82) is 0 Å². The number of hydrogen-bond acceptors (Lipinski definition) is 3. The monoisotopic (exact) mass is 312 g/mol. The molecular formula is C18H20N2O3. The zero-order valence-corrected chi connectivity index (χ0v) is 13.2. The van der Waals surface area contributed by atoms with E-state index < -0.39 is 12.1 Å². The standard InChI is InChI=1S/C18H20N2O3/c1-13(15-9-5-3-6-10-15)19-17(21)14(2)20-18(22)23-16-11-7-4-8-12-16/h3-14H,1-2H3,(H,19,21)(H,20,22)/t13-,14-/m0/s1. The van der Waals surface area contributed by atoms with Gasteiger partial charge in [0.1, 0.15) is 11.8 Å². The number of ether oxygens (including phenoxy) is 1. The topological polar surface area (TPSA) is 67.4 Å². The number of rotatable bonds is 5. The van der Waals surface area contributed by atoms with E-state index in [2.05, 4.69) is 10.6 Å². The summed E-state index contributed by atoms with van der Waals surface area (Å²) in [6.07, 6.45) is -0.661. The van der Waals surface area contributed by atoms with Crippen LogP contribution in [0.15, 0.2) is 60.7 Å². The molecular weight excluding hydrogens is 292 g/mol.